The summed E-state index contributed by atoms with van der Waals surface area (Å²) in [5.74, 6) is 0. The van der Waals surface area contributed by atoms with Gasteiger partial charge in [0, 0.05) is 6.54 Å². The largest absolute Gasteiger partial charge is 0.444 e. The van der Waals surface area contributed by atoms with Gasteiger partial charge in [-0.3, -0.25) is 0 Å². The maximum absolute atomic E-state index is 13.3. The van der Waals surface area contributed by atoms with E-state index in [0.29, 0.717) is 23.2 Å². The van der Waals surface area contributed by atoms with E-state index < -0.39 is 13.8 Å². The molecule has 1 aromatic rings. The van der Waals surface area contributed by atoms with Crippen molar-refractivity contribution in [2.75, 3.05) is 0 Å². The predicted molar refractivity (Wildman–Crippen MR) is 109 cm³/mol. The molecule has 0 bridgehead atoms. The Labute approximate surface area is 155 Å². The fraction of sp³-hybridized carbons (Fsp3) is 0.667. The summed E-state index contributed by atoms with van der Waals surface area (Å²) in [6.45, 7) is 20.1. The van der Waals surface area contributed by atoms with E-state index in [1.54, 1.807) is 0 Å². The van der Waals surface area contributed by atoms with Gasteiger partial charge in [0.15, 0.2) is 8.24 Å². The molecule has 0 aliphatic carbocycles. The Hall–Kier alpha value is -1.29. The first-order chi connectivity index (χ1) is 11.4. The van der Waals surface area contributed by atoms with Crippen LogP contribution in [0.5, 0.6) is 0 Å². The summed E-state index contributed by atoms with van der Waals surface area (Å²) in [6.07, 6.45) is -0.167. The van der Waals surface area contributed by atoms with Crippen LogP contribution in [0.15, 0.2) is 30.3 Å². The van der Waals surface area contributed by atoms with E-state index in [1.807, 2.05) is 39.0 Å². The van der Waals surface area contributed by atoms with Gasteiger partial charge in [-0.15, -0.1) is 0 Å². The highest BCUT2D eigenvalue weighted by molar-refractivity contribution is 6.82. The van der Waals surface area contributed by atoms with E-state index in [0.717, 1.165) is 5.56 Å². The molecule has 0 saturated heterocycles. The van der Waals surface area contributed by atoms with Gasteiger partial charge in [-0.25, -0.2) is 4.79 Å². The van der Waals surface area contributed by atoms with Crippen molar-refractivity contribution in [1.29, 1.82) is 0 Å². The van der Waals surface area contributed by atoms with E-state index in [4.69, 9.17) is 4.74 Å². The van der Waals surface area contributed by atoms with E-state index in [2.05, 4.69) is 58.2 Å². The minimum Gasteiger partial charge on any atom is -0.444 e. The summed E-state index contributed by atoms with van der Waals surface area (Å²) in [4.78, 5) is 13.3. The lowest BCUT2D eigenvalue weighted by atomic mass is 10.2. The second-order valence-corrected chi connectivity index (χ2v) is 14.7. The van der Waals surface area contributed by atoms with Crippen LogP contribution in [0, 0.1) is 0 Å². The molecule has 0 atom stereocenters. The molecule has 3 nitrogen and oxygen atoms in total. The molecule has 4 heteroatoms. The zero-order valence-electron chi connectivity index (χ0n) is 17.6. The Bertz CT molecular complexity index is 525. The standard InChI is InChI=1S/C21H37NO2Si/c1-16(2)25(17(3)4,18(5)6)22(20(23)24-21(7,8)9)15-19-13-11-10-12-14-19/h10-14,16-18H,15H2,1-9H3. The summed E-state index contributed by atoms with van der Waals surface area (Å²) in [5.41, 5.74) is 2.01. The summed E-state index contributed by atoms with van der Waals surface area (Å²) < 4.78 is 7.97. The summed E-state index contributed by atoms with van der Waals surface area (Å²) in [5, 5.41) is 0. The molecule has 0 spiro atoms. The zero-order valence-corrected chi connectivity index (χ0v) is 18.6. The maximum Gasteiger partial charge on any atom is 0.402 e. The van der Waals surface area contributed by atoms with Crippen LogP contribution in [-0.4, -0.2) is 24.5 Å². The van der Waals surface area contributed by atoms with Crippen molar-refractivity contribution in [3.63, 3.8) is 0 Å². The first-order valence-corrected chi connectivity index (χ1v) is 11.6. The molecule has 0 heterocycles. The van der Waals surface area contributed by atoms with Crippen LogP contribution in [-0.2, 0) is 11.3 Å². The Morgan fingerprint density at radius 1 is 0.960 bits per heavy atom. The predicted octanol–water partition coefficient (Wildman–Crippen LogP) is 6.60. The Morgan fingerprint density at radius 2 is 1.40 bits per heavy atom. The van der Waals surface area contributed by atoms with E-state index in [9.17, 15) is 4.79 Å². The van der Waals surface area contributed by atoms with E-state index in [1.165, 1.54) is 0 Å². The van der Waals surface area contributed by atoms with Crippen molar-refractivity contribution < 1.29 is 9.53 Å². The third kappa shape index (κ3) is 5.10. The first-order valence-electron chi connectivity index (χ1n) is 9.47. The molecule has 25 heavy (non-hydrogen) atoms. The van der Waals surface area contributed by atoms with E-state index >= 15 is 0 Å². The molecular formula is C21H37NO2Si. The molecule has 0 unspecified atom stereocenters. The number of carbonyl (C=O) groups excluding carboxylic acids is 1. The van der Waals surface area contributed by atoms with Gasteiger partial charge in [-0.1, -0.05) is 71.9 Å². The summed E-state index contributed by atoms with van der Waals surface area (Å²) >= 11 is 0. The monoisotopic (exact) mass is 363 g/mol. The lowest BCUT2D eigenvalue weighted by Crippen LogP contribution is -2.62. The molecule has 1 rings (SSSR count). The van der Waals surface area contributed by atoms with Crippen LogP contribution < -0.4 is 0 Å². The molecule has 0 aromatic heterocycles. The first kappa shape index (κ1) is 21.7. The fourth-order valence-electron chi connectivity index (χ4n) is 4.38. The van der Waals surface area contributed by atoms with Crippen molar-refractivity contribution in [3.8, 4) is 0 Å². The minimum absolute atomic E-state index is 0.167. The molecule has 0 saturated carbocycles. The van der Waals surface area contributed by atoms with Crippen LogP contribution in [0.3, 0.4) is 0 Å². The van der Waals surface area contributed by atoms with Crippen molar-refractivity contribution in [3.05, 3.63) is 35.9 Å². The number of hydrogen-bond acceptors (Lipinski definition) is 2. The van der Waals surface area contributed by atoms with Crippen molar-refractivity contribution >= 4 is 14.3 Å². The van der Waals surface area contributed by atoms with Crippen LogP contribution in [0.2, 0.25) is 16.6 Å². The fourth-order valence-corrected chi connectivity index (χ4v) is 11.1. The quantitative estimate of drug-likeness (QED) is 0.533. The van der Waals surface area contributed by atoms with E-state index in [-0.39, 0.29) is 6.09 Å². The molecule has 1 aromatic carbocycles. The minimum atomic E-state index is -2.14. The van der Waals surface area contributed by atoms with Crippen LogP contribution in [0.1, 0.15) is 67.9 Å². The Balaban J connectivity index is 3.42. The number of benzene rings is 1. The number of carbonyl (C=O) groups is 1. The van der Waals surface area contributed by atoms with Gasteiger partial charge in [0.05, 0.1) is 0 Å². The molecule has 0 aliphatic rings. The number of ether oxygens (including phenoxy) is 1. The highest BCUT2D eigenvalue weighted by atomic mass is 28.3. The number of hydrogen-bond donors (Lipinski definition) is 0. The zero-order chi connectivity index (χ0) is 19.4. The number of nitrogens with zero attached hydrogens (tertiary/aromatic N) is 1. The molecular weight excluding hydrogens is 326 g/mol. The van der Waals surface area contributed by atoms with Crippen molar-refractivity contribution in [2.24, 2.45) is 0 Å². The van der Waals surface area contributed by atoms with Crippen LogP contribution >= 0.6 is 0 Å². The van der Waals surface area contributed by atoms with Crippen LogP contribution in [0.4, 0.5) is 4.79 Å². The smallest absolute Gasteiger partial charge is 0.402 e. The third-order valence-electron chi connectivity index (χ3n) is 5.04. The molecule has 0 N–H and O–H groups in total. The molecule has 142 valence electrons. The second kappa shape index (κ2) is 8.39. The molecule has 0 radical (unpaired) electrons. The van der Waals surface area contributed by atoms with Gasteiger partial charge in [0.1, 0.15) is 5.60 Å². The van der Waals surface area contributed by atoms with Crippen LogP contribution in [0.25, 0.3) is 0 Å². The SMILES string of the molecule is CC(C)[Si](C(C)C)(C(C)C)N(Cc1ccccc1)C(=O)OC(C)(C)C. The lowest BCUT2D eigenvalue weighted by Gasteiger charge is -2.50. The highest BCUT2D eigenvalue weighted by Gasteiger charge is 2.51. The summed E-state index contributed by atoms with van der Waals surface area (Å²) in [6, 6.07) is 10.3. The second-order valence-electron chi connectivity index (χ2n) is 8.90. The average molecular weight is 364 g/mol. The molecule has 0 aliphatic heterocycles. The average Bonchev–Trinajstić information content (AvgIpc) is 2.45. The highest BCUT2D eigenvalue weighted by Crippen LogP contribution is 2.45. The van der Waals surface area contributed by atoms with Crippen molar-refractivity contribution in [2.45, 2.75) is 91.1 Å². The lowest BCUT2D eigenvalue weighted by molar-refractivity contribution is 0.0352. The third-order valence-corrected chi connectivity index (χ3v) is 11.9. The maximum atomic E-state index is 13.3. The Morgan fingerprint density at radius 3 is 1.76 bits per heavy atom. The van der Waals surface area contributed by atoms with Crippen molar-refractivity contribution in [1.82, 2.24) is 4.57 Å². The van der Waals surface area contributed by atoms with Gasteiger partial charge in [-0.2, -0.15) is 0 Å². The summed E-state index contributed by atoms with van der Waals surface area (Å²) in [7, 11) is -2.14. The molecule has 0 fully saturated rings. The Kier molecular flexibility index (Phi) is 7.30. The number of amides is 1. The van der Waals surface area contributed by atoms with Gasteiger partial charge in [0.2, 0.25) is 0 Å². The van der Waals surface area contributed by atoms with Gasteiger partial charge in [0.25, 0.3) is 0 Å². The van der Waals surface area contributed by atoms with Gasteiger partial charge in [-0.05, 0) is 43.0 Å². The molecule has 1 amide bonds. The van der Waals surface area contributed by atoms with Gasteiger partial charge >= 0.3 is 6.09 Å². The number of rotatable bonds is 6. The van der Waals surface area contributed by atoms with Gasteiger partial charge < -0.3 is 9.30 Å². The topological polar surface area (TPSA) is 29.5 Å². The normalized spacial score (nSPS) is 12.8.